The largest absolute Gasteiger partial charge is 0.469 e. The zero-order chi connectivity index (χ0) is 9.68. The Morgan fingerprint density at radius 2 is 2.00 bits per heavy atom. The van der Waals surface area contributed by atoms with E-state index in [9.17, 15) is 4.79 Å². The molecule has 0 aromatic carbocycles. The van der Waals surface area contributed by atoms with Gasteiger partial charge in [0.1, 0.15) is 0 Å². The van der Waals surface area contributed by atoms with Crippen LogP contribution in [0.3, 0.4) is 0 Å². The van der Waals surface area contributed by atoms with Crippen molar-refractivity contribution in [1.29, 1.82) is 0 Å². The second-order valence-electron chi connectivity index (χ2n) is 3.27. The number of ether oxygens (including phenoxy) is 2. The number of hydrogen-bond donors (Lipinski definition) is 0. The van der Waals surface area contributed by atoms with Crippen molar-refractivity contribution in [2.45, 2.75) is 31.8 Å². The number of carbonyl (C=O) groups is 1. The Morgan fingerprint density at radius 1 is 1.38 bits per heavy atom. The molecule has 0 unspecified atom stereocenters. The summed E-state index contributed by atoms with van der Waals surface area (Å²) in [6.45, 7) is 0. The molecule has 4 heteroatoms. The summed E-state index contributed by atoms with van der Waals surface area (Å²) in [7, 11) is 1.45. The van der Waals surface area contributed by atoms with Crippen molar-refractivity contribution in [2.24, 2.45) is 5.92 Å². The summed E-state index contributed by atoms with van der Waals surface area (Å²) in [5.74, 6) is 0.0481. The van der Waals surface area contributed by atoms with E-state index >= 15 is 0 Å². The van der Waals surface area contributed by atoms with E-state index in [4.69, 9.17) is 9.47 Å². The van der Waals surface area contributed by atoms with Crippen molar-refractivity contribution in [3.8, 4) is 0 Å². The van der Waals surface area contributed by atoms with Crippen LogP contribution in [0.25, 0.3) is 0 Å². The molecule has 1 saturated carbocycles. The Balaban J connectivity index is 2.26. The molecule has 0 aliphatic heterocycles. The summed E-state index contributed by atoms with van der Waals surface area (Å²) in [6.07, 6.45) is 4.16. The highest BCUT2D eigenvalue weighted by atomic mass is 127. The van der Waals surface area contributed by atoms with Crippen LogP contribution < -0.4 is 0 Å². The molecule has 0 spiro atoms. The van der Waals surface area contributed by atoms with E-state index in [-0.39, 0.29) is 11.9 Å². The number of rotatable bonds is 3. The van der Waals surface area contributed by atoms with E-state index in [0.29, 0.717) is 6.10 Å². The quantitative estimate of drug-likeness (QED) is 0.455. The minimum absolute atomic E-state index is 0.0621. The molecule has 0 aromatic rings. The van der Waals surface area contributed by atoms with Gasteiger partial charge in [-0.15, -0.1) is 0 Å². The van der Waals surface area contributed by atoms with Crippen LogP contribution in [0.5, 0.6) is 0 Å². The molecule has 0 heterocycles. The molecule has 13 heavy (non-hydrogen) atoms. The van der Waals surface area contributed by atoms with Crippen molar-refractivity contribution in [1.82, 2.24) is 0 Å². The molecule has 0 aromatic heterocycles. The van der Waals surface area contributed by atoms with E-state index in [0.717, 1.165) is 30.3 Å². The first-order chi connectivity index (χ1) is 6.27. The van der Waals surface area contributed by atoms with Gasteiger partial charge in [0.2, 0.25) is 0 Å². The number of carbonyl (C=O) groups excluding carboxylic acids is 1. The second kappa shape index (κ2) is 5.80. The molecule has 1 aliphatic rings. The van der Waals surface area contributed by atoms with Crippen LogP contribution in [0.1, 0.15) is 25.7 Å². The fraction of sp³-hybridized carbons (Fsp3) is 0.889. The minimum Gasteiger partial charge on any atom is -0.469 e. The van der Waals surface area contributed by atoms with E-state index in [1.165, 1.54) is 7.11 Å². The summed E-state index contributed by atoms with van der Waals surface area (Å²) < 4.78 is 10.9. The van der Waals surface area contributed by atoms with Crippen molar-refractivity contribution in [2.75, 3.05) is 11.7 Å². The van der Waals surface area contributed by atoms with Gasteiger partial charge in [-0.25, -0.2) is 0 Å². The van der Waals surface area contributed by atoms with Gasteiger partial charge in [0.15, 0.2) is 0 Å². The first-order valence-electron chi connectivity index (χ1n) is 4.53. The Kier molecular flexibility index (Phi) is 5.01. The number of esters is 1. The highest BCUT2D eigenvalue weighted by Crippen LogP contribution is 2.27. The molecule has 3 nitrogen and oxygen atoms in total. The van der Waals surface area contributed by atoms with Crippen LogP contribution in [0.4, 0.5) is 0 Å². The van der Waals surface area contributed by atoms with Crippen molar-refractivity contribution >= 4 is 28.6 Å². The van der Waals surface area contributed by atoms with Gasteiger partial charge in [-0.05, 0) is 25.7 Å². The lowest BCUT2D eigenvalue weighted by molar-refractivity contribution is -0.147. The van der Waals surface area contributed by atoms with Gasteiger partial charge >= 0.3 is 5.97 Å². The minimum atomic E-state index is -0.0621. The number of methoxy groups -OCH3 is 1. The van der Waals surface area contributed by atoms with Crippen molar-refractivity contribution in [3.05, 3.63) is 0 Å². The zero-order valence-electron chi connectivity index (χ0n) is 7.79. The van der Waals surface area contributed by atoms with Gasteiger partial charge in [0.05, 0.1) is 23.7 Å². The van der Waals surface area contributed by atoms with Gasteiger partial charge < -0.3 is 9.47 Å². The third-order valence-electron chi connectivity index (χ3n) is 2.51. The van der Waals surface area contributed by atoms with Crippen LogP contribution in [0.2, 0.25) is 0 Å². The van der Waals surface area contributed by atoms with E-state index in [2.05, 4.69) is 22.6 Å². The van der Waals surface area contributed by atoms with E-state index in [1.807, 2.05) is 0 Å². The van der Waals surface area contributed by atoms with Crippen LogP contribution >= 0.6 is 22.6 Å². The van der Waals surface area contributed by atoms with Gasteiger partial charge in [-0.2, -0.15) is 0 Å². The van der Waals surface area contributed by atoms with Gasteiger partial charge in [-0.3, -0.25) is 4.79 Å². The maximum atomic E-state index is 11.2. The molecule has 1 fully saturated rings. The van der Waals surface area contributed by atoms with E-state index in [1.54, 1.807) is 0 Å². The predicted octanol–water partition coefficient (Wildman–Crippen LogP) is 2.13. The lowest BCUT2D eigenvalue weighted by Gasteiger charge is -2.26. The molecular formula is C9H15IO3. The molecule has 1 aliphatic carbocycles. The molecule has 0 N–H and O–H groups in total. The van der Waals surface area contributed by atoms with Gasteiger partial charge in [0, 0.05) is 0 Å². The number of alkyl halides is 1. The van der Waals surface area contributed by atoms with Crippen molar-refractivity contribution in [3.63, 3.8) is 0 Å². The molecule has 0 bridgehead atoms. The maximum Gasteiger partial charge on any atom is 0.308 e. The first-order valence-corrected chi connectivity index (χ1v) is 6.06. The van der Waals surface area contributed by atoms with Crippen LogP contribution in [0.15, 0.2) is 0 Å². The third-order valence-corrected chi connectivity index (χ3v) is 2.87. The van der Waals surface area contributed by atoms with Crippen LogP contribution in [0, 0.1) is 5.92 Å². The Labute approximate surface area is 92.3 Å². The molecular weight excluding hydrogens is 283 g/mol. The summed E-state index contributed by atoms with van der Waals surface area (Å²) in [4.78, 5) is 11.2. The smallest absolute Gasteiger partial charge is 0.308 e. The summed E-state index contributed by atoms with van der Waals surface area (Å²) in [6, 6.07) is 0. The van der Waals surface area contributed by atoms with Crippen LogP contribution in [-0.2, 0) is 14.3 Å². The van der Waals surface area contributed by atoms with E-state index < -0.39 is 0 Å². The molecule has 0 saturated heterocycles. The fourth-order valence-electron chi connectivity index (χ4n) is 1.72. The predicted molar refractivity (Wildman–Crippen MR) is 57.7 cm³/mol. The van der Waals surface area contributed by atoms with Crippen LogP contribution in [-0.4, -0.2) is 23.8 Å². The molecule has 0 atom stereocenters. The average molecular weight is 298 g/mol. The second-order valence-corrected chi connectivity index (χ2v) is 3.90. The Bertz CT molecular complexity index is 164. The molecule has 0 amide bonds. The normalized spacial score (nSPS) is 28.5. The summed E-state index contributed by atoms with van der Waals surface area (Å²) in [5, 5.41) is 0. The summed E-state index contributed by atoms with van der Waals surface area (Å²) in [5.41, 5.74) is 0. The van der Waals surface area contributed by atoms with Crippen molar-refractivity contribution < 1.29 is 14.3 Å². The SMILES string of the molecule is COC(=O)C1CCC(OCI)CC1. The molecule has 76 valence electrons. The maximum absolute atomic E-state index is 11.2. The monoisotopic (exact) mass is 298 g/mol. The Hall–Kier alpha value is 0.160. The lowest BCUT2D eigenvalue weighted by atomic mass is 9.87. The standard InChI is InChI=1S/C9H15IO3/c1-12-9(11)7-2-4-8(5-3-7)13-6-10/h7-8H,2-6H2,1H3. The number of hydrogen-bond acceptors (Lipinski definition) is 3. The number of halogens is 1. The Morgan fingerprint density at radius 3 is 2.46 bits per heavy atom. The first kappa shape index (κ1) is 11.2. The topological polar surface area (TPSA) is 35.5 Å². The summed E-state index contributed by atoms with van der Waals surface area (Å²) >= 11 is 2.20. The lowest BCUT2D eigenvalue weighted by Crippen LogP contribution is -2.26. The van der Waals surface area contributed by atoms with Gasteiger partial charge in [0.25, 0.3) is 0 Å². The van der Waals surface area contributed by atoms with Gasteiger partial charge in [-0.1, -0.05) is 22.6 Å². The third kappa shape index (κ3) is 3.42. The zero-order valence-corrected chi connectivity index (χ0v) is 9.95. The highest BCUT2D eigenvalue weighted by molar-refractivity contribution is 14.1. The average Bonchev–Trinajstić information content (AvgIpc) is 2.18. The fourth-order valence-corrected chi connectivity index (χ4v) is 2.23. The molecule has 0 radical (unpaired) electrons. The highest BCUT2D eigenvalue weighted by Gasteiger charge is 2.26. The molecule has 1 rings (SSSR count).